The van der Waals surface area contributed by atoms with Gasteiger partial charge < -0.3 is 15.8 Å². The van der Waals surface area contributed by atoms with Gasteiger partial charge in [0, 0.05) is 12.6 Å². The number of rotatable bonds is 6. The van der Waals surface area contributed by atoms with E-state index in [0.717, 1.165) is 59.0 Å². The molecular weight excluding hydrogens is 292 g/mol. The van der Waals surface area contributed by atoms with Gasteiger partial charge in [-0.25, -0.2) is 4.98 Å². The fraction of sp³-hybridized carbons (Fsp3) is 0.438. The lowest BCUT2D eigenvalue weighted by molar-refractivity contribution is 0.415. The molecule has 0 spiro atoms. The molecule has 1 aromatic carbocycles. The predicted molar refractivity (Wildman–Crippen MR) is 91.1 cm³/mol. The summed E-state index contributed by atoms with van der Waals surface area (Å²) in [7, 11) is 1.66. The van der Waals surface area contributed by atoms with Crippen molar-refractivity contribution < 1.29 is 4.74 Å². The summed E-state index contributed by atoms with van der Waals surface area (Å²) >= 11 is 0. The molecule has 0 amide bonds. The highest BCUT2D eigenvalue weighted by atomic mass is 16.5. The zero-order chi connectivity index (χ0) is 16.4. The Morgan fingerprint density at radius 2 is 2.04 bits per heavy atom. The van der Waals surface area contributed by atoms with Crippen molar-refractivity contribution in [2.75, 3.05) is 25.5 Å². The number of benzene rings is 1. The Hall–Kier alpha value is -2.41. The van der Waals surface area contributed by atoms with Crippen LogP contribution in [0.2, 0.25) is 0 Å². The molecule has 3 aromatic rings. The topological polar surface area (TPSA) is 90.4 Å². The molecular formula is C16H22N6O. The van der Waals surface area contributed by atoms with E-state index in [1.807, 2.05) is 30.4 Å². The van der Waals surface area contributed by atoms with Gasteiger partial charge in [-0.15, -0.1) is 10.2 Å². The number of hydrogen-bond acceptors (Lipinski definition) is 6. The molecule has 0 unspecified atom stereocenters. The minimum absolute atomic E-state index is 0.697. The minimum Gasteiger partial charge on any atom is -0.497 e. The summed E-state index contributed by atoms with van der Waals surface area (Å²) in [6.07, 6.45) is 1.97. The van der Waals surface area contributed by atoms with Crippen molar-refractivity contribution in [3.8, 4) is 5.75 Å². The first-order valence-corrected chi connectivity index (χ1v) is 7.79. The number of anilines is 1. The van der Waals surface area contributed by atoms with E-state index >= 15 is 0 Å². The van der Waals surface area contributed by atoms with E-state index in [1.165, 1.54) is 0 Å². The lowest BCUT2D eigenvalue weighted by Gasteiger charge is -2.12. The van der Waals surface area contributed by atoms with Gasteiger partial charge in [0.2, 0.25) is 5.65 Å². The van der Waals surface area contributed by atoms with Gasteiger partial charge in [-0.2, -0.15) is 0 Å². The largest absolute Gasteiger partial charge is 0.497 e. The van der Waals surface area contributed by atoms with Gasteiger partial charge in [-0.3, -0.25) is 4.40 Å². The Kier molecular flexibility index (Phi) is 4.29. The van der Waals surface area contributed by atoms with E-state index in [0.29, 0.717) is 6.54 Å². The first-order chi connectivity index (χ1) is 11.2. The van der Waals surface area contributed by atoms with Crippen molar-refractivity contribution in [2.45, 2.75) is 26.7 Å². The van der Waals surface area contributed by atoms with Crippen molar-refractivity contribution in [3.63, 3.8) is 0 Å². The normalized spacial score (nSPS) is 11.3. The van der Waals surface area contributed by atoms with Gasteiger partial charge in [0.25, 0.3) is 0 Å². The standard InChI is InChI=1S/C16H22N6O/c1-10-8-12(23-3)9-13-14(10)22-11(2)20-21-16(22)15(19-13)18-7-5-4-6-17/h8-9H,4-7,17H2,1-3H3,(H,18,19). The van der Waals surface area contributed by atoms with Crippen LogP contribution in [-0.4, -0.2) is 39.8 Å². The van der Waals surface area contributed by atoms with E-state index in [2.05, 4.69) is 15.5 Å². The molecule has 23 heavy (non-hydrogen) atoms. The molecule has 7 nitrogen and oxygen atoms in total. The molecule has 0 saturated carbocycles. The first kappa shape index (κ1) is 15.5. The third kappa shape index (κ3) is 2.79. The predicted octanol–water partition coefficient (Wildman–Crippen LogP) is 2.05. The van der Waals surface area contributed by atoms with Gasteiger partial charge in [-0.1, -0.05) is 0 Å². The zero-order valence-corrected chi connectivity index (χ0v) is 13.8. The molecule has 0 fully saturated rings. The molecule has 0 aliphatic carbocycles. The third-order valence-electron chi connectivity index (χ3n) is 3.91. The van der Waals surface area contributed by atoms with Crippen LogP contribution in [0.3, 0.4) is 0 Å². The molecule has 0 atom stereocenters. The average Bonchev–Trinajstić information content (AvgIpc) is 2.93. The molecule has 2 heterocycles. The van der Waals surface area contributed by atoms with Crippen LogP contribution in [0.15, 0.2) is 12.1 Å². The lowest BCUT2D eigenvalue weighted by Crippen LogP contribution is -2.09. The number of aryl methyl sites for hydroxylation is 2. The monoisotopic (exact) mass is 314 g/mol. The highest BCUT2D eigenvalue weighted by Gasteiger charge is 2.15. The Morgan fingerprint density at radius 3 is 2.78 bits per heavy atom. The third-order valence-corrected chi connectivity index (χ3v) is 3.91. The second-order valence-electron chi connectivity index (χ2n) is 5.60. The molecule has 0 aliphatic rings. The van der Waals surface area contributed by atoms with Gasteiger partial charge in [-0.05, 0) is 44.9 Å². The van der Waals surface area contributed by atoms with Gasteiger partial charge in [0.05, 0.1) is 18.1 Å². The number of methoxy groups -OCH3 is 1. The molecule has 0 aliphatic heterocycles. The summed E-state index contributed by atoms with van der Waals surface area (Å²) in [5.41, 5.74) is 9.24. The summed E-state index contributed by atoms with van der Waals surface area (Å²) in [5, 5.41) is 11.9. The second-order valence-corrected chi connectivity index (χ2v) is 5.60. The Balaban J connectivity index is 2.15. The molecule has 0 bridgehead atoms. The van der Waals surface area contributed by atoms with E-state index in [1.54, 1.807) is 7.11 Å². The lowest BCUT2D eigenvalue weighted by atomic mass is 10.1. The number of aromatic nitrogens is 4. The maximum atomic E-state index is 5.54. The Morgan fingerprint density at radius 1 is 1.22 bits per heavy atom. The van der Waals surface area contributed by atoms with Gasteiger partial charge in [0.1, 0.15) is 11.6 Å². The molecule has 0 saturated heterocycles. The van der Waals surface area contributed by atoms with Crippen molar-refractivity contribution in [3.05, 3.63) is 23.5 Å². The maximum absolute atomic E-state index is 5.54. The van der Waals surface area contributed by atoms with E-state index in [-0.39, 0.29) is 0 Å². The van der Waals surface area contributed by atoms with E-state index in [9.17, 15) is 0 Å². The number of fused-ring (bicyclic) bond motifs is 3. The van der Waals surface area contributed by atoms with Crippen LogP contribution in [0.1, 0.15) is 24.2 Å². The minimum atomic E-state index is 0.697. The molecule has 3 rings (SSSR count). The van der Waals surface area contributed by atoms with Crippen LogP contribution in [0.5, 0.6) is 5.75 Å². The van der Waals surface area contributed by atoms with Crippen LogP contribution in [-0.2, 0) is 0 Å². The van der Waals surface area contributed by atoms with E-state index in [4.69, 9.17) is 15.5 Å². The Labute approximate surface area is 134 Å². The fourth-order valence-electron chi connectivity index (χ4n) is 2.77. The molecule has 0 radical (unpaired) electrons. The summed E-state index contributed by atoms with van der Waals surface area (Å²) in [4.78, 5) is 4.74. The maximum Gasteiger partial charge on any atom is 0.204 e. The second kappa shape index (κ2) is 6.37. The van der Waals surface area contributed by atoms with Crippen LogP contribution in [0.25, 0.3) is 16.7 Å². The number of nitrogens with zero attached hydrogens (tertiary/aromatic N) is 4. The van der Waals surface area contributed by atoms with Crippen molar-refractivity contribution in [1.82, 2.24) is 19.6 Å². The van der Waals surface area contributed by atoms with E-state index < -0.39 is 0 Å². The van der Waals surface area contributed by atoms with Crippen molar-refractivity contribution in [1.29, 1.82) is 0 Å². The molecule has 7 heteroatoms. The first-order valence-electron chi connectivity index (χ1n) is 7.79. The number of hydrogen-bond donors (Lipinski definition) is 2. The smallest absolute Gasteiger partial charge is 0.204 e. The summed E-state index contributed by atoms with van der Waals surface area (Å²) in [5.74, 6) is 2.37. The number of ether oxygens (including phenoxy) is 1. The van der Waals surface area contributed by atoms with Crippen molar-refractivity contribution in [2.24, 2.45) is 5.73 Å². The number of unbranched alkanes of at least 4 members (excludes halogenated alkanes) is 1. The molecule has 122 valence electrons. The van der Waals surface area contributed by atoms with Gasteiger partial charge in [0.15, 0.2) is 5.82 Å². The summed E-state index contributed by atoms with van der Waals surface area (Å²) in [6.45, 7) is 5.49. The molecule has 3 N–H and O–H groups in total. The van der Waals surface area contributed by atoms with Gasteiger partial charge >= 0.3 is 0 Å². The SMILES string of the molecule is COc1cc(C)c2c(c1)nc(NCCCCN)c1nnc(C)n12. The molecule has 2 aromatic heterocycles. The van der Waals surface area contributed by atoms with Crippen LogP contribution < -0.4 is 15.8 Å². The average molecular weight is 314 g/mol. The highest BCUT2D eigenvalue weighted by Crippen LogP contribution is 2.28. The van der Waals surface area contributed by atoms with Crippen LogP contribution in [0.4, 0.5) is 5.82 Å². The highest BCUT2D eigenvalue weighted by molar-refractivity contribution is 5.86. The summed E-state index contributed by atoms with van der Waals surface area (Å²) in [6, 6.07) is 3.93. The van der Waals surface area contributed by atoms with Crippen LogP contribution >= 0.6 is 0 Å². The number of nitrogens with two attached hydrogens (primary N) is 1. The van der Waals surface area contributed by atoms with Crippen LogP contribution in [0, 0.1) is 13.8 Å². The number of nitrogens with one attached hydrogen (secondary N) is 1. The fourth-order valence-corrected chi connectivity index (χ4v) is 2.77. The summed E-state index contributed by atoms with van der Waals surface area (Å²) < 4.78 is 7.41. The quantitative estimate of drug-likeness (QED) is 0.677. The Bertz CT molecular complexity index is 842. The van der Waals surface area contributed by atoms with Crippen molar-refractivity contribution >= 4 is 22.5 Å². The zero-order valence-electron chi connectivity index (χ0n) is 13.8.